The second kappa shape index (κ2) is 3.19. The number of hydrogen-bond donors (Lipinski definition) is 1. The predicted molar refractivity (Wildman–Crippen MR) is 54.3 cm³/mol. The summed E-state index contributed by atoms with van der Waals surface area (Å²) in [7, 11) is -1.55. The molecule has 0 aliphatic rings. The van der Waals surface area contributed by atoms with E-state index in [0.717, 1.165) is 0 Å². The number of aromatic nitrogens is 1. The molecule has 1 aromatic rings. The Bertz CT molecular complexity index is 177. The van der Waals surface area contributed by atoms with E-state index in [-0.39, 0.29) is 0 Å². The first-order valence-corrected chi connectivity index (χ1v) is 19.4. The van der Waals surface area contributed by atoms with E-state index >= 15 is 0 Å². The summed E-state index contributed by atoms with van der Waals surface area (Å²) in [5, 5.41) is 0. The Hall–Kier alpha value is 1.39. The molecule has 9 heavy (non-hydrogen) atoms. The van der Waals surface area contributed by atoms with Gasteiger partial charge in [0.2, 0.25) is 0 Å². The first-order chi connectivity index (χ1) is 4.11. The van der Waals surface area contributed by atoms with Gasteiger partial charge in [-0.15, -0.1) is 0 Å². The monoisotopic (exact) mass is 528 g/mol. The van der Waals surface area contributed by atoms with Gasteiger partial charge in [0, 0.05) is 0 Å². The fourth-order valence-corrected chi connectivity index (χ4v) is 5.88. The van der Waals surface area contributed by atoms with Crippen LogP contribution in [0.4, 0.5) is 0 Å². The molecule has 4 heteroatoms. The van der Waals surface area contributed by atoms with Gasteiger partial charge >= 0.3 is 80.3 Å². The van der Waals surface area contributed by atoms with Crippen LogP contribution < -0.4 is 4.21 Å². The van der Waals surface area contributed by atoms with Crippen LogP contribution in [0.2, 0.25) is 5.44 Å². The minimum atomic E-state index is -1.55. The van der Waals surface area contributed by atoms with E-state index in [1.165, 1.54) is 4.21 Å². The van der Waals surface area contributed by atoms with Crippen molar-refractivity contribution < 1.29 is 8.12 Å². The van der Waals surface area contributed by atoms with E-state index in [1.807, 2.05) is 6.20 Å². The van der Waals surface area contributed by atoms with Gasteiger partial charge < -0.3 is 0 Å². The number of halogens is 2. The van der Waals surface area contributed by atoms with Crippen molar-refractivity contribution in [3.05, 3.63) is 18.3 Å². The van der Waals surface area contributed by atoms with Crippen LogP contribution in [0.5, 0.6) is 0 Å². The Labute approximate surface area is 79.0 Å². The summed E-state index contributed by atoms with van der Waals surface area (Å²) in [6.45, 7) is 0. The van der Waals surface area contributed by atoms with Crippen molar-refractivity contribution in [2.24, 2.45) is 0 Å². The topological polar surface area (TPSA) is 15.8 Å². The molecular formula is C5H7I2IrN. The first-order valence-electron chi connectivity index (χ1n) is 2.25. The van der Waals surface area contributed by atoms with Gasteiger partial charge in [0.05, 0.1) is 0 Å². The van der Waals surface area contributed by atoms with Crippen LogP contribution in [-0.2, 0) is 8.12 Å². The number of aromatic amines is 1. The molecule has 1 nitrogen and oxygen atoms in total. The van der Waals surface area contributed by atoms with Crippen molar-refractivity contribution in [1.29, 1.82) is 0 Å². The Morgan fingerprint density at radius 2 is 2.22 bits per heavy atom. The van der Waals surface area contributed by atoms with Gasteiger partial charge in [-0.05, 0) is 0 Å². The van der Waals surface area contributed by atoms with Crippen molar-refractivity contribution in [3.63, 3.8) is 0 Å². The maximum atomic E-state index is 3.25. The first kappa shape index (κ1) is 8.49. The summed E-state index contributed by atoms with van der Waals surface area (Å²) in [6.07, 6.45) is 2.00. The van der Waals surface area contributed by atoms with Crippen LogP contribution >= 0.6 is 39.2 Å². The molecule has 0 unspecified atom stereocenters. The summed E-state index contributed by atoms with van der Waals surface area (Å²) < 4.78 is 1.45. The van der Waals surface area contributed by atoms with Crippen molar-refractivity contribution in [2.45, 2.75) is 5.44 Å². The van der Waals surface area contributed by atoms with Gasteiger partial charge in [0.15, 0.2) is 0 Å². The third-order valence-corrected chi connectivity index (χ3v) is 10.2. The number of rotatable bonds is 1. The quantitative estimate of drug-likeness (QED) is 0.541. The SMILES string of the molecule is [CH3][Ir]([I])([I])[c]1ccc[nH]1. The molecule has 1 aromatic heterocycles. The molecule has 0 aliphatic carbocycles. The molecule has 0 saturated heterocycles. The maximum absolute atomic E-state index is 3.25. The molecule has 0 atom stereocenters. The molecule has 0 fully saturated rings. The zero-order chi connectivity index (χ0) is 6.91. The molecule has 1 N–H and O–H groups in total. The molecular weight excluding hydrogens is 520 g/mol. The van der Waals surface area contributed by atoms with Gasteiger partial charge in [-0.3, -0.25) is 0 Å². The van der Waals surface area contributed by atoms with Gasteiger partial charge in [-0.1, -0.05) is 0 Å². The average Bonchev–Trinajstić information content (AvgIpc) is 2.08. The third-order valence-electron chi connectivity index (χ3n) is 0.861. The molecule has 0 saturated carbocycles. The minimum absolute atomic E-state index is 1.45. The Morgan fingerprint density at radius 1 is 1.56 bits per heavy atom. The fraction of sp³-hybridized carbons (Fsp3) is 0.200. The van der Waals surface area contributed by atoms with Crippen molar-refractivity contribution in [1.82, 2.24) is 4.98 Å². The summed E-state index contributed by atoms with van der Waals surface area (Å²) in [5.74, 6) is 0. The summed E-state index contributed by atoms with van der Waals surface area (Å²) in [4.78, 5) is 3.25. The Kier molecular flexibility index (Phi) is 3.01. The van der Waals surface area contributed by atoms with E-state index in [4.69, 9.17) is 0 Å². The van der Waals surface area contributed by atoms with Crippen molar-refractivity contribution >= 4 is 43.4 Å². The Morgan fingerprint density at radius 3 is 2.44 bits per heavy atom. The van der Waals surface area contributed by atoms with Gasteiger partial charge in [0.1, 0.15) is 0 Å². The van der Waals surface area contributed by atoms with Crippen LogP contribution in [-0.4, -0.2) is 4.98 Å². The zero-order valence-electron chi connectivity index (χ0n) is 4.82. The molecule has 0 radical (unpaired) electrons. The Balaban J connectivity index is 2.90. The van der Waals surface area contributed by atoms with E-state index in [0.29, 0.717) is 0 Å². The van der Waals surface area contributed by atoms with Crippen LogP contribution in [0.1, 0.15) is 0 Å². The number of H-pyrrole nitrogens is 1. The van der Waals surface area contributed by atoms with Gasteiger partial charge in [-0.25, -0.2) is 0 Å². The van der Waals surface area contributed by atoms with Crippen LogP contribution in [0, 0.1) is 0 Å². The van der Waals surface area contributed by atoms with Gasteiger partial charge in [0.25, 0.3) is 0 Å². The molecule has 0 bridgehead atoms. The third kappa shape index (κ3) is 2.48. The van der Waals surface area contributed by atoms with Crippen molar-refractivity contribution in [2.75, 3.05) is 0 Å². The van der Waals surface area contributed by atoms with Gasteiger partial charge in [-0.2, -0.15) is 0 Å². The average molecular weight is 527 g/mol. The molecule has 0 aromatic carbocycles. The summed E-state index contributed by atoms with van der Waals surface area (Å²) in [5.41, 5.74) is 2.35. The van der Waals surface area contributed by atoms with Crippen molar-refractivity contribution in [3.8, 4) is 0 Å². The van der Waals surface area contributed by atoms with E-state index in [2.05, 4.69) is 61.7 Å². The molecule has 0 amide bonds. The van der Waals surface area contributed by atoms with Crippen LogP contribution in [0.25, 0.3) is 0 Å². The standard InChI is InChI=1S/C4H4N.CH3.2HI.Ir/c1-2-4-5-3-1;;;;/h1-3,5H;1H3;2*1H;/q;;;;+2/p-2. The fourth-order valence-electron chi connectivity index (χ4n) is 0.482. The zero-order valence-corrected chi connectivity index (χ0v) is 11.5. The second-order valence-electron chi connectivity index (χ2n) is 1.59. The summed E-state index contributed by atoms with van der Waals surface area (Å²) >= 11 is 5.16. The predicted octanol–water partition coefficient (Wildman–Crippen LogP) is 2.54. The molecule has 1 heterocycles. The molecule has 0 aliphatic heterocycles. The molecule has 0 spiro atoms. The summed E-state index contributed by atoms with van der Waals surface area (Å²) in [6, 6.07) is 4.25. The van der Waals surface area contributed by atoms with Crippen LogP contribution in [0.3, 0.4) is 0 Å². The van der Waals surface area contributed by atoms with Crippen LogP contribution in [0.15, 0.2) is 18.3 Å². The van der Waals surface area contributed by atoms with E-state index in [9.17, 15) is 0 Å². The molecule has 1 rings (SSSR count). The number of nitrogens with one attached hydrogen (secondary N) is 1. The van der Waals surface area contributed by atoms with E-state index < -0.39 is 8.12 Å². The molecule has 55 valence electrons. The number of hydrogen-bond acceptors (Lipinski definition) is 0. The second-order valence-corrected chi connectivity index (χ2v) is 41.9. The van der Waals surface area contributed by atoms with E-state index in [1.54, 1.807) is 0 Å². The normalized spacial score (nSPS) is 13.7.